The third-order valence-corrected chi connectivity index (χ3v) is 3.76. The van der Waals surface area contributed by atoms with Crippen LogP contribution in [0.5, 0.6) is 5.75 Å². The number of amides is 1. The molecule has 1 aromatic carbocycles. The molecule has 21 heavy (non-hydrogen) atoms. The summed E-state index contributed by atoms with van der Waals surface area (Å²) in [4.78, 5) is 12.0. The quantitative estimate of drug-likeness (QED) is 0.726. The number of hydrogen-bond acceptors (Lipinski definition) is 3. The second-order valence-corrected chi connectivity index (χ2v) is 5.84. The van der Waals surface area contributed by atoms with E-state index in [4.69, 9.17) is 16.3 Å². The molecule has 1 atom stereocenters. The summed E-state index contributed by atoms with van der Waals surface area (Å²) >= 11 is 6.25. The summed E-state index contributed by atoms with van der Waals surface area (Å²) < 4.78 is 5.81. The summed E-state index contributed by atoms with van der Waals surface area (Å²) in [6.45, 7) is 5.44. The molecule has 1 fully saturated rings. The number of benzene rings is 1. The van der Waals surface area contributed by atoms with Gasteiger partial charge in [-0.3, -0.25) is 4.79 Å². The Balaban J connectivity index is 2.00. The van der Waals surface area contributed by atoms with E-state index in [0.29, 0.717) is 23.4 Å². The Kier molecular flexibility index (Phi) is 5.88. The number of ether oxygens (including phenoxy) is 1. The predicted molar refractivity (Wildman–Crippen MR) is 84.7 cm³/mol. The highest BCUT2D eigenvalue weighted by Gasteiger charge is 2.26. The van der Waals surface area contributed by atoms with Gasteiger partial charge < -0.3 is 15.4 Å². The van der Waals surface area contributed by atoms with Crippen molar-refractivity contribution < 1.29 is 9.53 Å². The van der Waals surface area contributed by atoms with Gasteiger partial charge in [0.05, 0.1) is 0 Å². The van der Waals surface area contributed by atoms with E-state index in [1.807, 2.05) is 18.2 Å². The molecule has 2 N–H and O–H groups in total. The molecule has 0 aromatic heterocycles. The SMILES string of the molecule is CCCNCc1c(Cl)cccc1OC(C)C(=O)NC1CC1. The van der Waals surface area contributed by atoms with Crippen LogP contribution in [0.15, 0.2) is 18.2 Å². The fourth-order valence-corrected chi connectivity index (χ4v) is 2.23. The summed E-state index contributed by atoms with van der Waals surface area (Å²) in [5, 5.41) is 6.92. The molecule has 0 heterocycles. The summed E-state index contributed by atoms with van der Waals surface area (Å²) in [5.41, 5.74) is 0.902. The molecule has 0 radical (unpaired) electrons. The van der Waals surface area contributed by atoms with Gasteiger partial charge in [-0.15, -0.1) is 0 Å². The lowest BCUT2D eigenvalue weighted by Crippen LogP contribution is -2.37. The zero-order valence-electron chi connectivity index (χ0n) is 12.6. The Labute approximate surface area is 131 Å². The average molecular weight is 311 g/mol. The zero-order chi connectivity index (χ0) is 15.2. The van der Waals surface area contributed by atoms with Gasteiger partial charge in [-0.1, -0.05) is 24.6 Å². The largest absolute Gasteiger partial charge is 0.481 e. The van der Waals surface area contributed by atoms with Gasteiger partial charge in [-0.25, -0.2) is 0 Å². The molecular weight excluding hydrogens is 288 g/mol. The van der Waals surface area contributed by atoms with E-state index < -0.39 is 6.10 Å². The number of hydrogen-bond donors (Lipinski definition) is 2. The normalized spacial score (nSPS) is 15.6. The van der Waals surface area contributed by atoms with Crippen LogP contribution in [-0.4, -0.2) is 24.6 Å². The lowest BCUT2D eigenvalue weighted by molar-refractivity contribution is -0.127. The van der Waals surface area contributed by atoms with Gasteiger partial charge in [-0.05, 0) is 44.9 Å². The molecule has 0 aliphatic heterocycles. The predicted octanol–water partition coefficient (Wildman–Crippen LogP) is 2.89. The third kappa shape index (κ3) is 4.90. The van der Waals surface area contributed by atoms with Gasteiger partial charge in [0.2, 0.25) is 0 Å². The molecule has 1 aliphatic rings. The summed E-state index contributed by atoms with van der Waals surface area (Å²) in [6.07, 6.45) is 2.68. The van der Waals surface area contributed by atoms with Crippen molar-refractivity contribution in [1.29, 1.82) is 0 Å². The molecule has 0 spiro atoms. The monoisotopic (exact) mass is 310 g/mol. The smallest absolute Gasteiger partial charge is 0.260 e. The Bertz CT molecular complexity index is 489. The lowest BCUT2D eigenvalue weighted by atomic mass is 10.2. The van der Waals surface area contributed by atoms with Gasteiger partial charge in [0.1, 0.15) is 5.75 Å². The molecule has 1 aromatic rings. The standard InChI is InChI=1S/C16H23ClN2O2/c1-3-9-18-10-13-14(17)5-4-6-15(13)21-11(2)16(20)19-12-7-8-12/h4-6,11-12,18H,3,7-10H2,1-2H3,(H,19,20). The van der Waals surface area contributed by atoms with E-state index in [0.717, 1.165) is 31.4 Å². The van der Waals surface area contributed by atoms with Crippen LogP contribution >= 0.6 is 11.6 Å². The lowest BCUT2D eigenvalue weighted by Gasteiger charge is -2.18. The first-order chi connectivity index (χ1) is 10.1. The second kappa shape index (κ2) is 7.66. The molecule has 1 unspecified atom stereocenters. The average Bonchev–Trinajstić information content (AvgIpc) is 3.25. The van der Waals surface area contributed by atoms with Gasteiger partial charge >= 0.3 is 0 Å². The van der Waals surface area contributed by atoms with Gasteiger partial charge in [0.15, 0.2) is 6.10 Å². The van der Waals surface area contributed by atoms with Crippen LogP contribution < -0.4 is 15.4 Å². The zero-order valence-corrected chi connectivity index (χ0v) is 13.4. The maximum Gasteiger partial charge on any atom is 0.260 e. The molecule has 4 nitrogen and oxygen atoms in total. The number of nitrogens with one attached hydrogen (secondary N) is 2. The van der Waals surface area contributed by atoms with E-state index in [2.05, 4.69) is 17.6 Å². The minimum atomic E-state index is -0.519. The Morgan fingerprint density at radius 1 is 1.48 bits per heavy atom. The van der Waals surface area contributed by atoms with Crippen molar-refractivity contribution in [2.45, 2.75) is 51.8 Å². The highest BCUT2D eigenvalue weighted by Crippen LogP contribution is 2.27. The van der Waals surface area contributed by atoms with E-state index in [1.54, 1.807) is 6.92 Å². The maximum atomic E-state index is 12.0. The molecule has 0 saturated heterocycles. The van der Waals surface area contributed by atoms with Crippen LogP contribution in [0.2, 0.25) is 5.02 Å². The van der Waals surface area contributed by atoms with Gasteiger partial charge in [-0.2, -0.15) is 0 Å². The Morgan fingerprint density at radius 3 is 2.90 bits per heavy atom. The first kappa shape index (κ1) is 16.1. The number of carbonyl (C=O) groups excluding carboxylic acids is 1. The van der Waals surface area contributed by atoms with Crippen molar-refractivity contribution in [1.82, 2.24) is 10.6 Å². The number of carbonyl (C=O) groups is 1. The maximum absolute atomic E-state index is 12.0. The number of halogens is 1. The molecule has 1 aliphatic carbocycles. The van der Waals surface area contributed by atoms with Crippen molar-refractivity contribution in [2.75, 3.05) is 6.54 Å². The van der Waals surface area contributed by atoms with Crippen molar-refractivity contribution in [3.63, 3.8) is 0 Å². The third-order valence-electron chi connectivity index (χ3n) is 3.40. The fourth-order valence-electron chi connectivity index (χ4n) is 2.00. The first-order valence-corrected chi connectivity index (χ1v) is 7.94. The highest BCUT2D eigenvalue weighted by molar-refractivity contribution is 6.31. The Hall–Kier alpha value is -1.26. The van der Waals surface area contributed by atoms with Gasteiger partial charge in [0.25, 0.3) is 5.91 Å². The Morgan fingerprint density at radius 2 is 2.24 bits per heavy atom. The molecule has 116 valence electrons. The van der Waals surface area contributed by atoms with Crippen LogP contribution in [-0.2, 0) is 11.3 Å². The topological polar surface area (TPSA) is 50.4 Å². The first-order valence-electron chi connectivity index (χ1n) is 7.57. The van der Waals surface area contributed by atoms with Crippen LogP contribution in [0.25, 0.3) is 0 Å². The van der Waals surface area contributed by atoms with Crippen LogP contribution in [0.1, 0.15) is 38.7 Å². The number of rotatable bonds is 8. The minimum Gasteiger partial charge on any atom is -0.481 e. The van der Waals surface area contributed by atoms with Crippen molar-refractivity contribution in [3.05, 3.63) is 28.8 Å². The van der Waals surface area contributed by atoms with Gasteiger partial charge in [0, 0.05) is 23.2 Å². The molecule has 1 amide bonds. The van der Waals surface area contributed by atoms with Crippen LogP contribution in [0.4, 0.5) is 0 Å². The molecule has 0 bridgehead atoms. The van der Waals surface area contributed by atoms with Crippen LogP contribution in [0, 0.1) is 0 Å². The minimum absolute atomic E-state index is 0.0649. The fraction of sp³-hybridized carbons (Fsp3) is 0.562. The van der Waals surface area contributed by atoms with E-state index >= 15 is 0 Å². The summed E-state index contributed by atoms with van der Waals surface area (Å²) in [5.74, 6) is 0.606. The highest BCUT2D eigenvalue weighted by atomic mass is 35.5. The molecule has 5 heteroatoms. The van der Waals surface area contributed by atoms with Crippen molar-refractivity contribution >= 4 is 17.5 Å². The van der Waals surface area contributed by atoms with E-state index in [1.165, 1.54) is 0 Å². The van der Waals surface area contributed by atoms with E-state index in [9.17, 15) is 4.79 Å². The van der Waals surface area contributed by atoms with Crippen LogP contribution in [0.3, 0.4) is 0 Å². The molecule has 1 saturated carbocycles. The summed E-state index contributed by atoms with van der Waals surface area (Å²) in [7, 11) is 0. The van der Waals surface area contributed by atoms with Crippen molar-refractivity contribution in [2.24, 2.45) is 0 Å². The van der Waals surface area contributed by atoms with Crippen molar-refractivity contribution in [3.8, 4) is 5.75 Å². The molecule has 2 rings (SSSR count). The van der Waals surface area contributed by atoms with E-state index in [-0.39, 0.29) is 5.91 Å². The molecular formula is C16H23ClN2O2. The summed E-state index contributed by atoms with van der Waals surface area (Å²) in [6, 6.07) is 5.88. The second-order valence-electron chi connectivity index (χ2n) is 5.44.